The van der Waals surface area contributed by atoms with E-state index >= 15 is 0 Å². The van der Waals surface area contributed by atoms with Gasteiger partial charge in [0, 0.05) is 27.6 Å². The molecule has 0 radical (unpaired) electrons. The van der Waals surface area contributed by atoms with E-state index in [2.05, 4.69) is 54.1 Å². The highest BCUT2D eigenvalue weighted by molar-refractivity contribution is 6.20. The number of piperidine rings is 1. The summed E-state index contributed by atoms with van der Waals surface area (Å²) in [6.45, 7) is 10.5. The van der Waals surface area contributed by atoms with Crippen LogP contribution in [0.15, 0.2) is 35.3 Å². The first-order chi connectivity index (χ1) is 15.0. The van der Waals surface area contributed by atoms with Crippen LogP contribution in [-0.2, 0) is 12.0 Å². The molecule has 1 aromatic heterocycles. The molecule has 0 amide bonds. The number of nitrogens with zero attached hydrogens (tertiary/aromatic N) is 1. The SMILES string of the molecule is C=NCc1ccc2c3c([nH]c2c1)C(C)(C)c1cc(OC)c(C2CCNCC2)cc1C3=O. The molecule has 5 heteroatoms. The molecule has 5 rings (SSSR count). The standard InChI is InChI=1S/C26H29N3O2/c1-26(2)20-13-22(31-4)18(16-7-9-28-10-8-16)12-19(20)24(30)23-17-6-5-15(14-27-3)11-21(17)29-25(23)26/h5-6,11-13,16,28-29H,3,7-10,14H2,1-2,4H3. The van der Waals surface area contributed by atoms with Gasteiger partial charge in [0.15, 0.2) is 5.78 Å². The maximum atomic E-state index is 13.8. The molecule has 1 saturated heterocycles. The summed E-state index contributed by atoms with van der Waals surface area (Å²) in [4.78, 5) is 21.4. The second-order valence-corrected chi connectivity index (χ2v) is 9.25. The van der Waals surface area contributed by atoms with Crippen LogP contribution in [0.25, 0.3) is 10.9 Å². The van der Waals surface area contributed by atoms with Crippen LogP contribution >= 0.6 is 0 Å². The molecule has 2 heterocycles. The third-order valence-electron chi connectivity index (χ3n) is 7.08. The third-order valence-corrected chi connectivity index (χ3v) is 7.08. The lowest BCUT2D eigenvalue weighted by molar-refractivity contribution is 0.103. The molecule has 31 heavy (non-hydrogen) atoms. The Kier molecular flexibility index (Phi) is 4.74. The Labute approximate surface area is 182 Å². The Morgan fingerprint density at radius 3 is 2.68 bits per heavy atom. The van der Waals surface area contributed by atoms with Crippen molar-refractivity contribution in [3.05, 3.63) is 63.8 Å². The highest BCUT2D eigenvalue weighted by atomic mass is 16.5. The minimum Gasteiger partial charge on any atom is -0.496 e. The molecule has 1 aliphatic heterocycles. The quantitative estimate of drug-likeness (QED) is 0.606. The molecule has 0 bridgehead atoms. The van der Waals surface area contributed by atoms with Crippen LogP contribution < -0.4 is 10.1 Å². The summed E-state index contributed by atoms with van der Waals surface area (Å²) < 4.78 is 5.82. The first-order valence-electron chi connectivity index (χ1n) is 11.0. The largest absolute Gasteiger partial charge is 0.496 e. The number of carbonyl (C=O) groups excluding carboxylic acids is 1. The van der Waals surface area contributed by atoms with Gasteiger partial charge in [-0.15, -0.1) is 0 Å². The zero-order valence-corrected chi connectivity index (χ0v) is 18.5. The Bertz CT molecular complexity index is 1200. The first-order valence-corrected chi connectivity index (χ1v) is 11.0. The van der Waals surface area contributed by atoms with Crippen molar-refractivity contribution in [1.29, 1.82) is 0 Å². The molecule has 0 saturated carbocycles. The van der Waals surface area contributed by atoms with Crippen LogP contribution in [0.4, 0.5) is 0 Å². The van der Waals surface area contributed by atoms with Crippen molar-refractivity contribution in [3.8, 4) is 5.75 Å². The number of aromatic amines is 1. The van der Waals surface area contributed by atoms with Crippen molar-refractivity contribution >= 4 is 23.4 Å². The molecule has 160 valence electrons. The monoisotopic (exact) mass is 415 g/mol. The van der Waals surface area contributed by atoms with Gasteiger partial charge in [0.2, 0.25) is 0 Å². The predicted molar refractivity (Wildman–Crippen MR) is 125 cm³/mol. The van der Waals surface area contributed by atoms with Gasteiger partial charge in [-0.2, -0.15) is 0 Å². The maximum absolute atomic E-state index is 13.8. The van der Waals surface area contributed by atoms with E-state index < -0.39 is 0 Å². The smallest absolute Gasteiger partial charge is 0.195 e. The molecular formula is C26H29N3O2. The third kappa shape index (κ3) is 3.02. The molecule has 5 nitrogen and oxygen atoms in total. The maximum Gasteiger partial charge on any atom is 0.195 e. The second-order valence-electron chi connectivity index (χ2n) is 9.25. The number of H-pyrrole nitrogens is 1. The number of fused-ring (bicyclic) bond motifs is 4. The van der Waals surface area contributed by atoms with E-state index in [0.29, 0.717) is 12.5 Å². The second kappa shape index (κ2) is 7.34. The number of methoxy groups -OCH3 is 1. The van der Waals surface area contributed by atoms with Crippen molar-refractivity contribution < 1.29 is 9.53 Å². The Balaban J connectivity index is 1.70. The number of hydrogen-bond donors (Lipinski definition) is 2. The topological polar surface area (TPSA) is 66.5 Å². The van der Waals surface area contributed by atoms with E-state index in [4.69, 9.17) is 4.74 Å². The number of ketones is 1. The molecule has 1 fully saturated rings. The van der Waals surface area contributed by atoms with Gasteiger partial charge in [0.25, 0.3) is 0 Å². The van der Waals surface area contributed by atoms with Crippen LogP contribution in [0.5, 0.6) is 5.75 Å². The van der Waals surface area contributed by atoms with Crippen molar-refractivity contribution in [2.45, 2.75) is 44.6 Å². The first kappa shape index (κ1) is 20.0. The van der Waals surface area contributed by atoms with Gasteiger partial charge in [-0.3, -0.25) is 9.79 Å². The van der Waals surface area contributed by atoms with Gasteiger partial charge < -0.3 is 15.0 Å². The lowest BCUT2D eigenvalue weighted by Crippen LogP contribution is -2.31. The van der Waals surface area contributed by atoms with Crippen molar-refractivity contribution in [2.75, 3.05) is 20.2 Å². The van der Waals surface area contributed by atoms with Gasteiger partial charge in [-0.1, -0.05) is 26.0 Å². The van der Waals surface area contributed by atoms with Crippen molar-refractivity contribution in [3.63, 3.8) is 0 Å². The van der Waals surface area contributed by atoms with Crippen molar-refractivity contribution in [2.24, 2.45) is 4.99 Å². The average Bonchev–Trinajstić information content (AvgIpc) is 3.18. The van der Waals surface area contributed by atoms with Crippen LogP contribution in [0.3, 0.4) is 0 Å². The van der Waals surface area contributed by atoms with E-state index in [1.54, 1.807) is 7.11 Å². The van der Waals surface area contributed by atoms with Gasteiger partial charge in [0.1, 0.15) is 5.75 Å². The van der Waals surface area contributed by atoms with E-state index in [1.807, 2.05) is 12.1 Å². The highest BCUT2D eigenvalue weighted by Crippen LogP contribution is 2.47. The number of ether oxygens (including phenoxy) is 1. The van der Waals surface area contributed by atoms with Crippen molar-refractivity contribution in [1.82, 2.24) is 10.3 Å². The van der Waals surface area contributed by atoms with E-state index in [-0.39, 0.29) is 11.2 Å². The molecular weight excluding hydrogens is 386 g/mol. The molecule has 0 spiro atoms. The van der Waals surface area contributed by atoms with Gasteiger partial charge in [-0.25, -0.2) is 0 Å². The fourth-order valence-corrected chi connectivity index (χ4v) is 5.38. The Morgan fingerprint density at radius 2 is 1.97 bits per heavy atom. The summed E-state index contributed by atoms with van der Waals surface area (Å²) in [5.41, 5.74) is 6.49. The van der Waals surface area contributed by atoms with E-state index in [0.717, 1.165) is 76.1 Å². The van der Waals surface area contributed by atoms with Gasteiger partial charge in [-0.05, 0) is 73.5 Å². The average molecular weight is 416 g/mol. The molecule has 2 aromatic carbocycles. The summed E-state index contributed by atoms with van der Waals surface area (Å²) in [6.07, 6.45) is 2.12. The molecule has 0 atom stereocenters. The molecule has 1 aliphatic carbocycles. The lowest BCUT2D eigenvalue weighted by Gasteiger charge is -2.34. The molecule has 0 unspecified atom stereocenters. The number of aromatic nitrogens is 1. The Hall–Kier alpha value is -2.92. The molecule has 2 aliphatic rings. The highest BCUT2D eigenvalue weighted by Gasteiger charge is 2.40. The van der Waals surface area contributed by atoms with Crippen LogP contribution in [0.2, 0.25) is 0 Å². The zero-order chi connectivity index (χ0) is 21.8. The van der Waals surface area contributed by atoms with Crippen LogP contribution in [0.1, 0.15) is 70.9 Å². The summed E-state index contributed by atoms with van der Waals surface area (Å²) >= 11 is 0. The fourth-order valence-electron chi connectivity index (χ4n) is 5.38. The zero-order valence-electron chi connectivity index (χ0n) is 18.5. The van der Waals surface area contributed by atoms with Gasteiger partial charge >= 0.3 is 0 Å². The number of carbonyl (C=O) groups is 1. The number of rotatable bonds is 4. The fraction of sp³-hybridized carbons (Fsp3) is 0.385. The van der Waals surface area contributed by atoms with Crippen LogP contribution in [-0.4, -0.2) is 37.7 Å². The number of nitrogens with one attached hydrogen (secondary N) is 2. The van der Waals surface area contributed by atoms with E-state index in [9.17, 15) is 4.79 Å². The Morgan fingerprint density at radius 1 is 1.19 bits per heavy atom. The lowest BCUT2D eigenvalue weighted by atomic mass is 9.70. The summed E-state index contributed by atoms with van der Waals surface area (Å²) in [7, 11) is 1.73. The summed E-state index contributed by atoms with van der Waals surface area (Å²) in [6, 6.07) is 10.4. The van der Waals surface area contributed by atoms with Gasteiger partial charge in [0.05, 0.1) is 19.2 Å². The normalized spacial score (nSPS) is 18.0. The number of aliphatic imine (C=N–C) groups is 1. The number of hydrogen-bond acceptors (Lipinski definition) is 4. The molecule has 3 aromatic rings. The summed E-state index contributed by atoms with van der Waals surface area (Å²) in [5, 5.41) is 4.40. The van der Waals surface area contributed by atoms with Crippen LogP contribution in [0, 0.1) is 0 Å². The van der Waals surface area contributed by atoms with E-state index in [1.165, 1.54) is 0 Å². The molecule has 2 N–H and O–H groups in total. The number of benzene rings is 2. The summed E-state index contributed by atoms with van der Waals surface area (Å²) in [5.74, 6) is 1.41. The predicted octanol–water partition coefficient (Wildman–Crippen LogP) is 4.71. The minimum atomic E-state index is -0.339. The minimum absolute atomic E-state index is 0.100.